The number of benzene rings is 1. The molecule has 21 heavy (non-hydrogen) atoms. The third kappa shape index (κ3) is 5.76. The summed E-state index contributed by atoms with van der Waals surface area (Å²) in [5.74, 6) is 6.33. The first kappa shape index (κ1) is 17.5. The second-order valence-corrected chi connectivity index (χ2v) is 5.05. The van der Waals surface area contributed by atoms with Crippen LogP contribution in [0.15, 0.2) is 18.2 Å². The minimum Gasteiger partial charge on any atom is -0.495 e. The monoisotopic (exact) mass is 291 g/mol. The van der Waals surface area contributed by atoms with E-state index in [1.54, 1.807) is 14.2 Å². The molecule has 0 aliphatic carbocycles. The normalized spacial score (nSPS) is 10.6. The van der Waals surface area contributed by atoms with Gasteiger partial charge in [-0.15, -0.1) is 0 Å². The molecule has 1 rings (SSSR count). The lowest BCUT2D eigenvalue weighted by Gasteiger charge is -2.26. The number of hydrogen-bond donors (Lipinski definition) is 1. The van der Waals surface area contributed by atoms with E-state index in [-0.39, 0.29) is 6.61 Å². The van der Waals surface area contributed by atoms with Gasteiger partial charge in [0.2, 0.25) is 0 Å². The Labute approximate surface area is 127 Å². The number of aliphatic hydroxyl groups is 1. The molecular formula is C17H25NO3. The van der Waals surface area contributed by atoms with Crippen LogP contribution in [0.2, 0.25) is 0 Å². The molecule has 0 heterocycles. The lowest BCUT2D eigenvalue weighted by atomic mass is 10.1. The van der Waals surface area contributed by atoms with Crippen molar-refractivity contribution in [2.75, 3.05) is 34.0 Å². The molecule has 0 aliphatic rings. The third-order valence-electron chi connectivity index (χ3n) is 3.26. The van der Waals surface area contributed by atoms with Crippen LogP contribution in [0.25, 0.3) is 0 Å². The lowest BCUT2D eigenvalue weighted by Crippen LogP contribution is -2.33. The first-order valence-electron chi connectivity index (χ1n) is 7.12. The van der Waals surface area contributed by atoms with Crippen LogP contribution in [-0.2, 0) is 11.3 Å². The molecular weight excluding hydrogens is 266 g/mol. The van der Waals surface area contributed by atoms with Gasteiger partial charge in [0.05, 0.1) is 19.3 Å². The van der Waals surface area contributed by atoms with Gasteiger partial charge in [0.1, 0.15) is 12.4 Å². The molecule has 0 radical (unpaired) electrons. The van der Waals surface area contributed by atoms with Crippen molar-refractivity contribution in [1.82, 2.24) is 4.90 Å². The van der Waals surface area contributed by atoms with Gasteiger partial charge in [0.15, 0.2) is 0 Å². The summed E-state index contributed by atoms with van der Waals surface area (Å²) in [5.41, 5.74) is 1.97. The Kier molecular flexibility index (Phi) is 7.84. The molecule has 0 atom stereocenters. The SMILES string of the molecule is COCCN(Cc1ccc(OC)c(C#CCO)c1)C(C)C. The minimum absolute atomic E-state index is 0.153. The predicted octanol–water partition coefficient (Wildman–Crippen LogP) is 1.90. The van der Waals surface area contributed by atoms with Gasteiger partial charge >= 0.3 is 0 Å². The maximum atomic E-state index is 8.84. The van der Waals surface area contributed by atoms with Crippen LogP contribution in [0, 0.1) is 11.8 Å². The molecule has 0 bridgehead atoms. The molecule has 0 fully saturated rings. The van der Waals surface area contributed by atoms with E-state index in [9.17, 15) is 0 Å². The summed E-state index contributed by atoms with van der Waals surface area (Å²) in [6.07, 6.45) is 0. The fourth-order valence-electron chi connectivity index (χ4n) is 2.05. The Hall–Kier alpha value is -1.54. The van der Waals surface area contributed by atoms with Gasteiger partial charge in [0.25, 0.3) is 0 Å². The van der Waals surface area contributed by atoms with Crippen LogP contribution < -0.4 is 4.74 Å². The fourth-order valence-corrected chi connectivity index (χ4v) is 2.05. The van der Waals surface area contributed by atoms with E-state index in [0.717, 1.165) is 24.4 Å². The number of rotatable bonds is 7. The quantitative estimate of drug-likeness (QED) is 0.779. The maximum absolute atomic E-state index is 8.84. The topological polar surface area (TPSA) is 41.9 Å². The number of hydrogen-bond acceptors (Lipinski definition) is 4. The van der Waals surface area contributed by atoms with Crippen LogP contribution in [0.1, 0.15) is 25.0 Å². The highest BCUT2D eigenvalue weighted by Crippen LogP contribution is 2.20. The Morgan fingerprint density at radius 1 is 1.29 bits per heavy atom. The molecule has 0 amide bonds. The standard InChI is InChI=1S/C17H25NO3/c1-14(2)18(9-11-20-3)13-15-7-8-17(21-4)16(12-15)6-5-10-19/h7-8,12,14,19H,9-11,13H2,1-4H3. The van der Waals surface area contributed by atoms with E-state index < -0.39 is 0 Å². The summed E-state index contributed by atoms with van der Waals surface area (Å²) >= 11 is 0. The smallest absolute Gasteiger partial charge is 0.134 e. The lowest BCUT2D eigenvalue weighted by molar-refractivity contribution is 0.125. The summed E-state index contributed by atoms with van der Waals surface area (Å²) < 4.78 is 10.5. The highest BCUT2D eigenvalue weighted by molar-refractivity contribution is 5.48. The molecule has 116 valence electrons. The second kappa shape index (κ2) is 9.41. The zero-order valence-electron chi connectivity index (χ0n) is 13.3. The van der Waals surface area contributed by atoms with Gasteiger partial charge in [-0.05, 0) is 31.5 Å². The summed E-state index contributed by atoms with van der Waals surface area (Å²) in [5, 5.41) is 8.84. The van der Waals surface area contributed by atoms with Crippen molar-refractivity contribution in [1.29, 1.82) is 0 Å². The molecule has 4 nitrogen and oxygen atoms in total. The van der Waals surface area contributed by atoms with Crippen molar-refractivity contribution in [3.8, 4) is 17.6 Å². The Morgan fingerprint density at radius 2 is 2.05 bits per heavy atom. The van der Waals surface area contributed by atoms with E-state index in [0.29, 0.717) is 12.6 Å². The highest BCUT2D eigenvalue weighted by atomic mass is 16.5. The number of methoxy groups -OCH3 is 2. The average molecular weight is 291 g/mol. The Bertz CT molecular complexity index is 489. The third-order valence-corrected chi connectivity index (χ3v) is 3.26. The summed E-state index contributed by atoms with van der Waals surface area (Å²) in [4.78, 5) is 2.34. The van der Waals surface area contributed by atoms with Crippen molar-refractivity contribution in [2.45, 2.75) is 26.4 Å². The van der Waals surface area contributed by atoms with Crippen LogP contribution in [0.5, 0.6) is 5.75 Å². The summed E-state index contributed by atoms with van der Waals surface area (Å²) in [6, 6.07) is 6.43. The molecule has 0 aromatic heterocycles. The summed E-state index contributed by atoms with van der Waals surface area (Å²) in [6.45, 7) is 6.62. The van der Waals surface area contributed by atoms with Crippen molar-refractivity contribution >= 4 is 0 Å². The number of nitrogens with zero attached hydrogens (tertiary/aromatic N) is 1. The maximum Gasteiger partial charge on any atom is 0.134 e. The highest BCUT2D eigenvalue weighted by Gasteiger charge is 2.11. The molecule has 0 saturated heterocycles. The van der Waals surface area contributed by atoms with Crippen molar-refractivity contribution in [2.24, 2.45) is 0 Å². The first-order chi connectivity index (χ1) is 10.1. The molecule has 4 heteroatoms. The zero-order chi connectivity index (χ0) is 15.7. The molecule has 0 saturated carbocycles. The Balaban J connectivity index is 2.91. The van der Waals surface area contributed by atoms with Crippen LogP contribution in [-0.4, -0.2) is 50.0 Å². The van der Waals surface area contributed by atoms with Gasteiger partial charge in [-0.3, -0.25) is 4.90 Å². The van der Waals surface area contributed by atoms with Gasteiger partial charge < -0.3 is 14.6 Å². The molecule has 0 unspecified atom stereocenters. The van der Waals surface area contributed by atoms with Crippen LogP contribution in [0.3, 0.4) is 0 Å². The molecule has 0 spiro atoms. The van der Waals surface area contributed by atoms with E-state index in [4.69, 9.17) is 14.6 Å². The van der Waals surface area contributed by atoms with Crippen LogP contribution in [0.4, 0.5) is 0 Å². The summed E-state index contributed by atoms with van der Waals surface area (Å²) in [7, 11) is 3.34. The fraction of sp³-hybridized carbons (Fsp3) is 0.529. The molecule has 1 aromatic carbocycles. The Morgan fingerprint density at radius 3 is 2.62 bits per heavy atom. The average Bonchev–Trinajstić information content (AvgIpc) is 2.49. The number of ether oxygens (including phenoxy) is 2. The van der Waals surface area contributed by atoms with Crippen molar-refractivity contribution in [3.63, 3.8) is 0 Å². The van der Waals surface area contributed by atoms with E-state index >= 15 is 0 Å². The van der Waals surface area contributed by atoms with Gasteiger partial charge in [-0.25, -0.2) is 0 Å². The van der Waals surface area contributed by atoms with Gasteiger partial charge in [-0.2, -0.15) is 0 Å². The first-order valence-corrected chi connectivity index (χ1v) is 7.12. The largest absolute Gasteiger partial charge is 0.495 e. The van der Waals surface area contributed by atoms with E-state index in [1.165, 1.54) is 5.56 Å². The molecule has 0 aliphatic heterocycles. The molecule has 1 N–H and O–H groups in total. The van der Waals surface area contributed by atoms with Crippen molar-refractivity contribution < 1.29 is 14.6 Å². The minimum atomic E-state index is -0.153. The zero-order valence-corrected chi connectivity index (χ0v) is 13.3. The van der Waals surface area contributed by atoms with Gasteiger partial charge in [-0.1, -0.05) is 17.9 Å². The second-order valence-electron chi connectivity index (χ2n) is 5.05. The van der Waals surface area contributed by atoms with E-state index in [2.05, 4.69) is 30.6 Å². The van der Waals surface area contributed by atoms with Gasteiger partial charge in [0, 0.05) is 26.2 Å². The van der Waals surface area contributed by atoms with Crippen LogP contribution >= 0.6 is 0 Å². The predicted molar refractivity (Wildman–Crippen MR) is 84.4 cm³/mol. The van der Waals surface area contributed by atoms with Crippen molar-refractivity contribution in [3.05, 3.63) is 29.3 Å². The van der Waals surface area contributed by atoms with E-state index in [1.807, 2.05) is 18.2 Å². The number of aliphatic hydroxyl groups excluding tert-OH is 1. The molecule has 1 aromatic rings.